The zero-order chi connectivity index (χ0) is 20.8. The van der Waals surface area contributed by atoms with Gasteiger partial charge in [0.1, 0.15) is 6.10 Å². The van der Waals surface area contributed by atoms with Crippen molar-refractivity contribution in [3.05, 3.63) is 48.6 Å². The zero-order valence-corrected chi connectivity index (χ0v) is 16.6. The molecule has 0 amide bonds. The lowest BCUT2D eigenvalue weighted by Gasteiger charge is -2.16. The second-order valence-corrected chi connectivity index (χ2v) is 6.92. The van der Waals surface area contributed by atoms with E-state index in [2.05, 4.69) is 0 Å². The molecule has 0 spiro atoms. The highest BCUT2D eigenvalue weighted by molar-refractivity contribution is 5.66. The minimum Gasteiger partial charge on any atom is -0.481 e. The number of aliphatic carboxylic acids is 1. The van der Waals surface area contributed by atoms with Crippen molar-refractivity contribution in [2.24, 2.45) is 0 Å². The van der Waals surface area contributed by atoms with E-state index in [-0.39, 0.29) is 6.42 Å². The van der Waals surface area contributed by atoms with E-state index < -0.39 is 36.5 Å². The van der Waals surface area contributed by atoms with Crippen LogP contribution >= 0.6 is 0 Å². The number of aliphatic hydroxyl groups excluding tert-OH is 3. The van der Waals surface area contributed by atoms with Crippen molar-refractivity contribution in [2.45, 2.75) is 82.4 Å². The zero-order valence-electron chi connectivity index (χ0n) is 16.6. The first-order valence-corrected chi connectivity index (χ1v) is 9.98. The average molecular weight is 395 g/mol. The fraction of sp³-hybridized carbons (Fsp3) is 0.591. The maximum absolute atomic E-state index is 10.4. The highest BCUT2D eigenvalue weighted by Gasteiger charge is 2.35. The van der Waals surface area contributed by atoms with E-state index in [1.807, 2.05) is 43.4 Å². The van der Waals surface area contributed by atoms with Crippen molar-refractivity contribution in [1.82, 2.24) is 0 Å². The Bertz CT molecular complexity index is 551. The molecule has 0 unspecified atom stereocenters. The third-order valence-electron chi connectivity index (χ3n) is 4.42. The lowest BCUT2D eigenvalue weighted by atomic mass is 10.0. The Morgan fingerprint density at radius 3 is 2.54 bits per heavy atom. The number of carboxylic acid groups (broad SMARTS) is 1. The Morgan fingerprint density at radius 2 is 1.82 bits per heavy atom. The fourth-order valence-corrected chi connectivity index (χ4v) is 2.84. The number of aliphatic hydroxyl groups is 3. The van der Waals surface area contributed by atoms with Gasteiger partial charge in [-0.15, -0.1) is 0 Å². The summed E-state index contributed by atoms with van der Waals surface area (Å²) in [6, 6.07) is 0. The summed E-state index contributed by atoms with van der Waals surface area (Å²) in [6.45, 7) is 2.03. The van der Waals surface area contributed by atoms with Crippen LogP contribution in [0.15, 0.2) is 48.6 Å². The molecule has 4 N–H and O–H groups in total. The highest BCUT2D eigenvalue weighted by Crippen LogP contribution is 2.25. The molecule has 1 rings (SSSR count). The van der Waals surface area contributed by atoms with Gasteiger partial charge in [0.25, 0.3) is 0 Å². The molecule has 0 aromatic heterocycles. The minimum atomic E-state index is -0.807. The molecule has 1 aliphatic rings. The number of hydrogen-bond donors (Lipinski definition) is 4. The van der Waals surface area contributed by atoms with Gasteiger partial charge < -0.3 is 25.2 Å². The van der Waals surface area contributed by atoms with Crippen LogP contribution in [0.1, 0.15) is 51.9 Å². The van der Waals surface area contributed by atoms with Gasteiger partial charge in [-0.25, -0.2) is 0 Å². The molecule has 1 saturated heterocycles. The predicted octanol–water partition coefficient (Wildman–Crippen LogP) is 2.90. The summed E-state index contributed by atoms with van der Waals surface area (Å²) in [5.41, 5.74) is 0. The molecular formula is C22H34O6. The van der Waals surface area contributed by atoms with Crippen molar-refractivity contribution in [2.75, 3.05) is 0 Å². The van der Waals surface area contributed by atoms with Gasteiger partial charge in [0.2, 0.25) is 0 Å². The van der Waals surface area contributed by atoms with Gasteiger partial charge in [-0.05, 0) is 32.1 Å². The molecule has 0 aromatic rings. The summed E-state index contributed by atoms with van der Waals surface area (Å²) >= 11 is 0. The second kappa shape index (κ2) is 14.3. The molecule has 158 valence electrons. The summed E-state index contributed by atoms with van der Waals surface area (Å²) < 4.78 is 5.72. The molecule has 0 saturated carbocycles. The van der Waals surface area contributed by atoms with Gasteiger partial charge in [0.05, 0.1) is 24.4 Å². The van der Waals surface area contributed by atoms with Gasteiger partial charge >= 0.3 is 5.97 Å². The van der Waals surface area contributed by atoms with Crippen LogP contribution < -0.4 is 0 Å². The van der Waals surface area contributed by atoms with Crippen LogP contribution in [0.2, 0.25) is 0 Å². The normalized spacial score (nSPS) is 25.5. The van der Waals surface area contributed by atoms with Crippen LogP contribution in [0.5, 0.6) is 0 Å². The van der Waals surface area contributed by atoms with Crippen LogP contribution in [0.4, 0.5) is 0 Å². The molecular weight excluding hydrogens is 360 g/mol. The van der Waals surface area contributed by atoms with E-state index in [0.717, 1.165) is 6.42 Å². The van der Waals surface area contributed by atoms with Gasteiger partial charge in [-0.3, -0.25) is 4.79 Å². The van der Waals surface area contributed by atoms with Crippen LogP contribution in [0.25, 0.3) is 0 Å². The van der Waals surface area contributed by atoms with Crippen LogP contribution in [0, 0.1) is 0 Å². The minimum absolute atomic E-state index is 0.127. The quantitative estimate of drug-likeness (QED) is 0.358. The molecule has 5 atom stereocenters. The molecule has 1 aliphatic heterocycles. The maximum Gasteiger partial charge on any atom is 0.303 e. The maximum atomic E-state index is 10.4. The smallest absolute Gasteiger partial charge is 0.303 e. The largest absolute Gasteiger partial charge is 0.481 e. The summed E-state index contributed by atoms with van der Waals surface area (Å²) in [5, 5.41) is 38.8. The highest BCUT2D eigenvalue weighted by atomic mass is 16.5. The van der Waals surface area contributed by atoms with E-state index in [0.29, 0.717) is 32.1 Å². The lowest BCUT2D eigenvalue weighted by molar-refractivity contribution is -0.136. The van der Waals surface area contributed by atoms with Crippen LogP contribution in [-0.4, -0.2) is 56.9 Å². The molecule has 0 bridgehead atoms. The lowest BCUT2D eigenvalue weighted by Crippen LogP contribution is -2.25. The summed E-state index contributed by atoms with van der Waals surface area (Å²) in [6.07, 6.45) is 15.2. The monoisotopic (exact) mass is 394 g/mol. The van der Waals surface area contributed by atoms with Crippen molar-refractivity contribution in [1.29, 1.82) is 0 Å². The van der Waals surface area contributed by atoms with Crippen molar-refractivity contribution in [3.8, 4) is 0 Å². The molecule has 6 heteroatoms. The average Bonchev–Trinajstić information content (AvgIpc) is 3.03. The number of ether oxygens (including phenoxy) is 1. The molecule has 28 heavy (non-hydrogen) atoms. The SMILES string of the molecule is CC/C=C\C[C@H](O)/C=C/[C@H]1O[C@H]([C@H](O)C/C=C\C/C=C\CCC(=O)O)C[C@H]1O. The van der Waals surface area contributed by atoms with Crippen molar-refractivity contribution >= 4 is 5.97 Å². The molecule has 0 radical (unpaired) electrons. The molecule has 0 aromatic carbocycles. The third kappa shape index (κ3) is 10.6. The molecule has 0 aliphatic carbocycles. The number of rotatable bonds is 13. The first-order chi connectivity index (χ1) is 13.4. The first-order valence-electron chi connectivity index (χ1n) is 9.98. The Kier molecular flexibility index (Phi) is 12.4. The predicted molar refractivity (Wildman–Crippen MR) is 109 cm³/mol. The van der Waals surface area contributed by atoms with Gasteiger partial charge in [-0.1, -0.05) is 55.5 Å². The second-order valence-electron chi connectivity index (χ2n) is 6.92. The van der Waals surface area contributed by atoms with Gasteiger partial charge in [0, 0.05) is 12.8 Å². The topological polar surface area (TPSA) is 107 Å². The summed E-state index contributed by atoms with van der Waals surface area (Å²) in [5.74, 6) is -0.807. The fourth-order valence-electron chi connectivity index (χ4n) is 2.84. The van der Waals surface area contributed by atoms with Gasteiger partial charge in [0.15, 0.2) is 0 Å². The van der Waals surface area contributed by atoms with E-state index >= 15 is 0 Å². The summed E-state index contributed by atoms with van der Waals surface area (Å²) in [7, 11) is 0. The number of hydrogen-bond acceptors (Lipinski definition) is 5. The number of carboxylic acids is 1. The van der Waals surface area contributed by atoms with Crippen LogP contribution in [-0.2, 0) is 9.53 Å². The van der Waals surface area contributed by atoms with E-state index in [4.69, 9.17) is 9.84 Å². The molecule has 1 heterocycles. The van der Waals surface area contributed by atoms with E-state index in [1.165, 1.54) is 0 Å². The van der Waals surface area contributed by atoms with E-state index in [9.17, 15) is 20.1 Å². The van der Waals surface area contributed by atoms with Crippen molar-refractivity contribution in [3.63, 3.8) is 0 Å². The van der Waals surface area contributed by atoms with Crippen LogP contribution in [0.3, 0.4) is 0 Å². The van der Waals surface area contributed by atoms with Crippen molar-refractivity contribution < 1.29 is 30.0 Å². The molecule has 6 nitrogen and oxygen atoms in total. The summed E-state index contributed by atoms with van der Waals surface area (Å²) in [4.78, 5) is 10.4. The van der Waals surface area contributed by atoms with E-state index in [1.54, 1.807) is 12.2 Å². The third-order valence-corrected chi connectivity index (χ3v) is 4.42. The Labute approximate surface area is 167 Å². The first kappa shape index (κ1) is 24.3. The Morgan fingerprint density at radius 1 is 1.11 bits per heavy atom. The number of allylic oxidation sites excluding steroid dienone is 4. The number of carbonyl (C=O) groups is 1. The molecule has 1 fully saturated rings. The standard InChI is InChI=1S/C22H34O6/c1-2-3-8-11-17(23)14-15-20-19(25)16-21(28-20)18(24)12-9-6-4-5-7-10-13-22(26)27/h3,5-9,14-15,17-21,23-25H,2,4,10-13,16H2,1H3,(H,26,27)/b7-5-,8-3-,9-6-,15-14+/t17-,18+,19+,20+,21-/m0/s1. The van der Waals surface area contributed by atoms with Gasteiger partial charge in [-0.2, -0.15) is 0 Å². The Hall–Kier alpha value is -1.73. The Balaban J connectivity index is 2.31.